The van der Waals surface area contributed by atoms with Gasteiger partial charge in [-0.15, -0.1) is 0 Å². The van der Waals surface area contributed by atoms with E-state index in [1.165, 1.54) is 16.3 Å². The van der Waals surface area contributed by atoms with Crippen LogP contribution in [0.4, 0.5) is 0 Å². The molecule has 122 valence electrons. The molecule has 0 heterocycles. The number of fused-ring (bicyclic) bond motifs is 1. The molecule has 0 spiro atoms. The largest absolute Gasteiger partial charge is 0.356 e. The summed E-state index contributed by atoms with van der Waals surface area (Å²) in [5, 5.41) is 5.42. The molecular weight excluding hydrogens is 294 g/mol. The normalized spacial score (nSPS) is 10.7. The van der Waals surface area contributed by atoms with Crippen LogP contribution in [-0.2, 0) is 11.2 Å². The Morgan fingerprint density at radius 2 is 1.67 bits per heavy atom. The molecule has 0 saturated carbocycles. The first-order chi connectivity index (χ1) is 11.8. The third-order valence-electron chi connectivity index (χ3n) is 4.28. The molecule has 0 unspecified atom stereocenters. The smallest absolute Gasteiger partial charge is 0.224 e. The fraction of sp³-hybridized carbons (Fsp3) is 0.227. The van der Waals surface area contributed by atoms with Crippen molar-refractivity contribution in [2.24, 2.45) is 0 Å². The Labute approximate surface area is 143 Å². The second-order valence-electron chi connectivity index (χ2n) is 6.07. The molecule has 0 fully saturated rings. The van der Waals surface area contributed by atoms with E-state index in [9.17, 15) is 4.79 Å². The van der Waals surface area contributed by atoms with Crippen LogP contribution in [0.1, 0.15) is 25.3 Å². The van der Waals surface area contributed by atoms with Crippen molar-refractivity contribution in [1.82, 2.24) is 5.32 Å². The summed E-state index contributed by atoms with van der Waals surface area (Å²) in [7, 11) is 0. The van der Waals surface area contributed by atoms with Gasteiger partial charge < -0.3 is 5.32 Å². The van der Waals surface area contributed by atoms with Gasteiger partial charge in [-0.3, -0.25) is 4.79 Å². The van der Waals surface area contributed by atoms with Gasteiger partial charge in [0.1, 0.15) is 0 Å². The molecular formula is C22H23NO. The Kier molecular flexibility index (Phi) is 5.27. The van der Waals surface area contributed by atoms with E-state index in [0.717, 1.165) is 30.5 Å². The van der Waals surface area contributed by atoms with Gasteiger partial charge >= 0.3 is 0 Å². The van der Waals surface area contributed by atoms with Crippen LogP contribution < -0.4 is 5.32 Å². The zero-order valence-electron chi connectivity index (χ0n) is 14.1. The number of carbonyl (C=O) groups excluding carboxylic acids is 1. The van der Waals surface area contributed by atoms with Gasteiger partial charge in [0, 0.05) is 6.54 Å². The molecule has 24 heavy (non-hydrogen) atoms. The highest BCUT2D eigenvalue weighted by molar-refractivity contribution is 5.99. The monoisotopic (exact) mass is 317 g/mol. The predicted octanol–water partition coefficient (Wildman–Crippen LogP) is 4.97. The summed E-state index contributed by atoms with van der Waals surface area (Å²) in [4.78, 5) is 12.3. The van der Waals surface area contributed by atoms with Gasteiger partial charge in [0.2, 0.25) is 5.91 Å². The maximum atomic E-state index is 12.3. The minimum atomic E-state index is 0.0934. The van der Waals surface area contributed by atoms with Gasteiger partial charge in [-0.25, -0.2) is 0 Å². The zero-order chi connectivity index (χ0) is 16.8. The number of hydrogen-bond donors (Lipinski definition) is 1. The van der Waals surface area contributed by atoms with Crippen LogP contribution in [-0.4, -0.2) is 12.5 Å². The lowest BCUT2D eigenvalue weighted by atomic mass is 9.92. The second-order valence-corrected chi connectivity index (χ2v) is 6.07. The Bertz CT molecular complexity index is 824. The number of nitrogens with one attached hydrogen (secondary N) is 1. The molecule has 0 bridgehead atoms. The summed E-state index contributed by atoms with van der Waals surface area (Å²) in [6, 6.07) is 22.9. The van der Waals surface area contributed by atoms with Gasteiger partial charge in [-0.2, -0.15) is 0 Å². The third-order valence-corrected chi connectivity index (χ3v) is 4.28. The molecule has 2 heteroatoms. The first kappa shape index (κ1) is 16.3. The van der Waals surface area contributed by atoms with Crippen molar-refractivity contribution >= 4 is 16.7 Å². The standard InChI is InChI=1S/C22H23NO/c1-2-3-15-23-21(24)16-19-14-13-17-9-7-8-12-20(17)22(19)18-10-5-4-6-11-18/h4-14H,2-3,15-16H2,1H3,(H,23,24). The zero-order valence-corrected chi connectivity index (χ0v) is 14.1. The number of hydrogen-bond acceptors (Lipinski definition) is 1. The molecule has 3 rings (SSSR count). The SMILES string of the molecule is CCCCNC(=O)Cc1ccc2ccccc2c1-c1ccccc1. The lowest BCUT2D eigenvalue weighted by molar-refractivity contribution is -0.120. The molecule has 3 aromatic rings. The first-order valence-electron chi connectivity index (χ1n) is 8.62. The highest BCUT2D eigenvalue weighted by Gasteiger charge is 2.12. The van der Waals surface area contributed by atoms with E-state index in [2.05, 4.69) is 54.7 Å². The molecule has 1 amide bonds. The Hall–Kier alpha value is -2.61. The molecule has 0 aliphatic heterocycles. The van der Waals surface area contributed by atoms with Crippen LogP contribution in [0.15, 0.2) is 66.7 Å². The molecule has 0 aliphatic rings. The van der Waals surface area contributed by atoms with Crippen LogP contribution in [0.3, 0.4) is 0 Å². The number of amides is 1. The minimum Gasteiger partial charge on any atom is -0.356 e. The summed E-state index contributed by atoms with van der Waals surface area (Å²) >= 11 is 0. The van der Waals surface area contributed by atoms with E-state index in [1.807, 2.05) is 24.3 Å². The van der Waals surface area contributed by atoms with E-state index in [1.54, 1.807) is 0 Å². The van der Waals surface area contributed by atoms with Gasteiger partial charge in [0.05, 0.1) is 6.42 Å². The first-order valence-corrected chi connectivity index (χ1v) is 8.62. The summed E-state index contributed by atoms with van der Waals surface area (Å²) in [6.07, 6.45) is 2.53. The van der Waals surface area contributed by atoms with E-state index in [4.69, 9.17) is 0 Å². The summed E-state index contributed by atoms with van der Waals surface area (Å²) in [5.74, 6) is 0.0934. The summed E-state index contributed by atoms with van der Waals surface area (Å²) in [6.45, 7) is 2.88. The van der Waals surface area contributed by atoms with E-state index in [-0.39, 0.29) is 5.91 Å². The molecule has 1 N–H and O–H groups in total. The van der Waals surface area contributed by atoms with Gasteiger partial charge in [-0.1, -0.05) is 80.1 Å². The molecule has 0 atom stereocenters. The number of carbonyl (C=O) groups is 1. The quantitative estimate of drug-likeness (QED) is 0.639. The second kappa shape index (κ2) is 7.78. The van der Waals surface area contributed by atoms with Gasteiger partial charge in [0.25, 0.3) is 0 Å². The molecule has 0 aliphatic carbocycles. The van der Waals surface area contributed by atoms with Crippen LogP contribution >= 0.6 is 0 Å². The molecule has 2 nitrogen and oxygen atoms in total. The highest BCUT2D eigenvalue weighted by atomic mass is 16.1. The minimum absolute atomic E-state index is 0.0934. The van der Waals surface area contributed by atoms with Crippen molar-refractivity contribution in [1.29, 1.82) is 0 Å². The van der Waals surface area contributed by atoms with Crippen LogP contribution in [0.2, 0.25) is 0 Å². The summed E-state index contributed by atoms with van der Waals surface area (Å²) in [5.41, 5.74) is 3.40. The van der Waals surface area contributed by atoms with Gasteiger partial charge in [-0.05, 0) is 33.9 Å². The van der Waals surface area contributed by atoms with Crippen molar-refractivity contribution in [3.63, 3.8) is 0 Å². The predicted molar refractivity (Wildman–Crippen MR) is 101 cm³/mol. The maximum Gasteiger partial charge on any atom is 0.224 e. The third kappa shape index (κ3) is 3.65. The molecule has 3 aromatic carbocycles. The van der Waals surface area contributed by atoms with Crippen LogP contribution in [0.25, 0.3) is 21.9 Å². The van der Waals surface area contributed by atoms with Crippen molar-refractivity contribution < 1.29 is 4.79 Å². The molecule has 0 radical (unpaired) electrons. The Morgan fingerprint density at radius 1 is 0.917 bits per heavy atom. The number of rotatable bonds is 6. The summed E-state index contributed by atoms with van der Waals surface area (Å²) < 4.78 is 0. The molecule has 0 saturated heterocycles. The van der Waals surface area contributed by atoms with Crippen molar-refractivity contribution in [3.8, 4) is 11.1 Å². The van der Waals surface area contributed by atoms with E-state index in [0.29, 0.717) is 6.42 Å². The van der Waals surface area contributed by atoms with Crippen molar-refractivity contribution in [2.75, 3.05) is 6.54 Å². The Morgan fingerprint density at radius 3 is 2.46 bits per heavy atom. The lowest BCUT2D eigenvalue weighted by Gasteiger charge is -2.14. The fourth-order valence-corrected chi connectivity index (χ4v) is 3.05. The fourth-order valence-electron chi connectivity index (χ4n) is 3.05. The molecule has 0 aromatic heterocycles. The van der Waals surface area contributed by atoms with Crippen molar-refractivity contribution in [2.45, 2.75) is 26.2 Å². The Balaban J connectivity index is 2.00. The maximum absolute atomic E-state index is 12.3. The van der Waals surface area contributed by atoms with Crippen molar-refractivity contribution in [3.05, 3.63) is 72.3 Å². The number of unbranched alkanes of at least 4 members (excludes halogenated alkanes) is 1. The van der Waals surface area contributed by atoms with Gasteiger partial charge in [0.15, 0.2) is 0 Å². The average molecular weight is 317 g/mol. The highest BCUT2D eigenvalue weighted by Crippen LogP contribution is 2.32. The van der Waals surface area contributed by atoms with E-state index >= 15 is 0 Å². The van der Waals surface area contributed by atoms with E-state index < -0.39 is 0 Å². The van der Waals surface area contributed by atoms with Crippen LogP contribution in [0.5, 0.6) is 0 Å². The number of benzene rings is 3. The lowest BCUT2D eigenvalue weighted by Crippen LogP contribution is -2.26. The van der Waals surface area contributed by atoms with Crippen LogP contribution in [0, 0.1) is 0 Å². The topological polar surface area (TPSA) is 29.1 Å². The average Bonchev–Trinajstić information content (AvgIpc) is 2.62.